The molecule has 1 aromatic rings. The molecule has 0 fully saturated rings. The first-order valence-electron chi connectivity index (χ1n) is 3.79. The summed E-state index contributed by atoms with van der Waals surface area (Å²) in [5.41, 5.74) is 0.957. The molecule has 0 unspecified atom stereocenters. The molecule has 16 heavy (non-hydrogen) atoms. The van der Waals surface area contributed by atoms with Gasteiger partial charge in [0.05, 0.1) is 0 Å². The zero-order chi connectivity index (χ0) is 12.7. The van der Waals surface area contributed by atoms with Gasteiger partial charge in [0.25, 0.3) is 5.91 Å². The van der Waals surface area contributed by atoms with Crippen molar-refractivity contribution in [2.45, 2.75) is 4.90 Å². The Morgan fingerprint density at radius 3 is 2.19 bits per heavy atom. The summed E-state index contributed by atoms with van der Waals surface area (Å²) in [6.07, 6.45) is 0. The number of nitrogen functional groups attached to an aromatic ring is 1. The first-order valence-corrected chi connectivity index (χ1v) is 5.74. The van der Waals surface area contributed by atoms with Crippen molar-refractivity contribution >= 4 is 16.1 Å². The molecule has 0 aromatic heterocycles. The Hall–Kier alpha value is -1.35. The number of carbonyl (C=O) groups excluding carboxylic acids is 1. The summed E-state index contributed by atoms with van der Waals surface area (Å²) >= 11 is 0. The maximum absolute atomic E-state index is 12.3. The van der Waals surface area contributed by atoms with Crippen LogP contribution in [0.25, 0.3) is 0 Å². The maximum atomic E-state index is 12.3. The normalized spacial score (nSPS) is 16.1. The number of nitrogens with two attached hydrogens (primary N) is 1. The lowest BCUT2D eigenvalue weighted by molar-refractivity contribution is 0.0953. The Kier molecular flexibility index (Phi) is 2.27. The molecule has 3 N–H and O–H groups in total. The fourth-order valence-electron chi connectivity index (χ4n) is 0.961. The van der Waals surface area contributed by atoms with Crippen LogP contribution in [0.2, 0.25) is 0 Å². The molecule has 0 aliphatic carbocycles. The van der Waals surface area contributed by atoms with E-state index in [4.69, 9.17) is 0 Å². The minimum absolute atomic E-state index is 0.0593. The SMILES string of the molecule is NNC(=O)c1cccc(S(F)(F)(F)(F)F)c1. The smallest absolute Gasteiger partial charge is 0.290 e. The molecule has 3 nitrogen and oxygen atoms in total. The van der Waals surface area contributed by atoms with Gasteiger partial charge in [0, 0.05) is 5.56 Å². The summed E-state index contributed by atoms with van der Waals surface area (Å²) in [4.78, 5) is 8.74. The van der Waals surface area contributed by atoms with Crippen molar-refractivity contribution in [3.63, 3.8) is 0 Å². The third-order valence-electron chi connectivity index (χ3n) is 1.67. The van der Waals surface area contributed by atoms with E-state index >= 15 is 0 Å². The first kappa shape index (κ1) is 12.7. The van der Waals surface area contributed by atoms with Crippen LogP contribution in [0, 0.1) is 0 Å². The number of nitrogens with one attached hydrogen (secondary N) is 1. The van der Waals surface area contributed by atoms with Crippen LogP contribution in [0.4, 0.5) is 19.4 Å². The van der Waals surface area contributed by atoms with E-state index in [1.165, 1.54) is 0 Å². The molecule has 0 spiro atoms. The largest absolute Gasteiger partial charge is 0.310 e. The van der Waals surface area contributed by atoms with Gasteiger partial charge in [0.1, 0.15) is 4.90 Å². The van der Waals surface area contributed by atoms with E-state index in [2.05, 4.69) is 5.84 Å². The molecule has 0 heterocycles. The average Bonchev–Trinajstić information content (AvgIpc) is 2.13. The summed E-state index contributed by atoms with van der Waals surface area (Å²) in [7, 11) is -9.75. The minimum Gasteiger partial charge on any atom is -0.290 e. The number of carbonyl (C=O) groups is 1. The quantitative estimate of drug-likeness (QED) is 0.372. The van der Waals surface area contributed by atoms with E-state index in [-0.39, 0.29) is 12.1 Å². The number of amides is 1. The van der Waals surface area contributed by atoms with Gasteiger partial charge in [0.2, 0.25) is 0 Å². The summed E-state index contributed by atoms with van der Waals surface area (Å²) in [5, 5.41) is 0. The topological polar surface area (TPSA) is 55.1 Å². The Bertz CT molecular complexity index is 443. The van der Waals surface area contributed by atoms with Crippen LogP contribution in [0.3, 0.4) is 0 Å². The fraction of sp³-hybridized carbons (Fsp3) is 0. The van der Waals surface area contributed by atoms with Gasteiger partial charge in [-0.2, -0.15) is 0 Å². The molecule has 0 atom stereocenters. The lowest BCUT2D eigenvalue weighted by Gasteiger charge is -2.40. The summed E-state index contributed by atoms with van der Waals surface area (Å²) < 4.78 is 61.7. The summed E-state index contributed by atoms with van der Waals surface area (Å²) in [6.45, 7) is 0. The molecule has 9 heteroatoms. The number of hydrogen-bond acceptors (Lipinski definition) is 2. The van der Waals surface area contributed by atoms with Gasteiger partial charge in [-0.3, -0.25) is 10.2 Å². The number of hydrogen-bond donors (Lipinski definition) is 2. The van der Waals surface area contributed by atoms with Gasteiger partial charge < -0.3 is 0 Å². The van der Waals surface area contributed by atoms with E-state index in [1.807, 2.05) is 0 Å². The van der Waals surface area contributed by atoms with Crippen LogP contribution in [-0.2, 0) is 0 Å². The minimum atomic E-state index is -9.75. The lowest BCUT2D eigenvalue weighted by atomic mass is 10.2. The van der Waals surface area contributed by atoms with E-state index in [1.54, 1.807) is 5.43 Å². The Labute approximate surface area is 87.1 Å². The van der Waals surface area contributed by atoms with Crippen LogP contribution in [-0.4, -0.2) is 5.91 Å². The van der Waals surface area contributed by atoms with Crippen LogP contribution >= 0.6 is 10.2 Å². The Balaban J connectivity index is 3.36. The molecular formula is C7H7F5N2OS. The highest BCUT2D eigenvalue weighted by Crippen LogP contribution is 3.02. The number of rotatable bonds is 2. The molecule has 0 saturated carbocycles. The number of benzene rings is 1. The zero-order valence-electron chi connectivity index (χ0n) is 7.59. The lowest BCUT2D eigenvalue weighted by Crippen LogP contribution is -2.30. The average molecular weight is 262 g/mol. The maximum Gasteiger partial charge on any atom is 0.310 e. The molecule has 0 aliphatic rings. The standard InChI is InChI=1S/C7H7F5N2OS/c8-16(9,10,11,12)6-3-1-2-5(4-6)7(15)14-13/h1-4H,13H2,(H,14,15). The Morgan fingerprint density at radius 1 is 1.19 bits per heavy atom. The van der Waals surface area contributed by atoms with Crippen molar-refractivity contribution < 1.29 is 24.2 Å². The van der Waals surface area contributed by atoms with Crippen LogP contribution < -0.4 is 11.3 Å². The number of hydrazine groups is 1. The molecule has 1 amide bonds. The third kappa shape index (κ3) is 2.83. The van der Waals surface area contributed by atoms with Gasteiger partial charge in [-0.15, -0.1) is 0 Å². The van der Waals surface area contributed by atoms with Crippen molar-refractivity contribution in [3.8, 4) is 0 Å². The van der Waals surface area contributed by atoms with E-state index in [0.717, 1.165) is 6.07 Å². The van der Waals surface area contributed by atoms with Gasteiger partial charge in [-0.05, 0) is 18.2 Å². The predicted octanol–water partition coefficient (Wildman–Crippen LogP) is 2.95. The molecule has 0 aliphatic heterocycles. The molecule has 0 bridgehead atoms. The Morgan fingerprint density at radius 2 is 1.75 bits per heavy atom. The summed E-state index contributed by atoms with van der Waals surface area (Å²) in [6, 6.07) is 1.91. The highest BCUT2D eigenvalue weighted by Gasteiger charge is 2.65. The predicted molar refractivity (Wildman–Crippen MR) is 49.5 cm³/mol. The van der Waals surface area contributed by atoms with Crippen LogP contribution in [0.1, 0.15) is 10.4 Å². The van der Waals surface area contributed by atoms with Crippen LogP contribution in [0.15, 0.2) is 29.2 Å². The zero-order valence-corrected chi connectivity index (χ0v) is 8.41. The molecule has 1 aromatic carbocycles. The van der Waals surface area contributed by atoms with Gasteiger partial charge in [-0.25, -0.2) is 5.84 Å². The molecule has 1 rings (SSSR count). The molecule has 0 saturated heterocycles. The fourth-order valence-corrected chi connectivity index (χ4v) is 1.65. The van der Waals surface area contributed by atoms with Gasteiger partial charge in [-0.1, -0.05) is 25.5 Å². The summed E-state index contributed by atoms with van der Waals surface area (Å²) in [5.74, 6) is 3.59. The molecule has 0 radical (unpaired) electrons. The van der Waals surface area contributed by atoms with E-state index in [0.29, 0.717) is 6.07 Å². The second kappa shape index (κ2) is 2.86. The van der Waals surface area contributed by atoms with E-state index in [9.17, 15) is 24.2 Å². The van der Waals surface area contributed by atoms with Crippen molar-refractivity contribution in [1.82, 2.24) is 5.43 Å². The van der Waals surface area contributed by atoms with Crippen molar-refractivity contribution in [3.05, 3.63) is 29.8 Å². The third-order valence-corrected chi connectivity index (χ3v) is 2.82. The van der Waals surface area contributed by atoms with E-state index < -0.39 is 26.6 Å². The highest BCUT2D eigenvalue weighted by molar-refractivity contribution is 8.45. The van der Waals surface area contributed by atoms with Crippen molar-refractivity contribution in [1.29, 1.82) is 0 Å². The molecular weight excluding hydrogens is 255 g/mol. The van der Waals surface area contributed by atoms with Gasteiger partial charge in [0.15, 0.2) is 0 Å². The number of halogens is 5. The van der Waals surface area contributed by atoms with Crippen molar-refractivity contribution in [2.75, 3.05) is 0 Å². The van der Waals surface area contributed by atoms with Gasteiger partial charge >= 0.3 is 10.2 Å². The second-order valence-electron chi connectivity index (χ2n) is 2.97. The second-order valence-corrected chi connectivity index (χ2v) is 5.38. The monoisotopic (exact) mass is 262 g/mol. The first-order chi connectivity index (χ1) is 6.94. The van der Waals surface area contributed by atoms with Crippen LogP contribution in [0.5, 0.6) is 0 Å². The molecule has 92 valence electrons. The van der Waals surface area contributed by atoms with Crippen molar-refractivity contribution in [2.24, 2.45) is 5.84 Å². The highest BCUT2D eigenvalue weighted by atomic mass is 32.5.